The van der Waals surface area contributed by atoms with Gasteiger partial charge in [0.25, 0.3) is 0 Å². The topological polar surface area (TPSA) is 32.3 Å². The molecule has 2 rings (SSSR count). The van der Waals surface area contributed by atoms with Crippen LogP contribution in [0.4, 0.5) is 4.39 Å². The van der Waals surface area contributed by atoms with Crippen molar-refractivity contribution < 1.29 is 9.50 Å². The predicted octanol–water partition coefficient (Wildman–Crippen LogP) is 2.86. The molecule has 0 unspecified atom stereocenters. The minimum absolute atomic E-state index is 0.194. The van der Waals surface area contributed by atoms with Crippen molar-refractivity contribution in [2.45, 2.75) is 13.0 Å². The van der Waals surface area contributed by atoms with Gasteiger partial charge in [0, 0.05) is 6.54 Å². The van der Waals surface area contributed by atoms with Gasteiger partial charge in [0.1, 0.15) is 11.6 Å². The first-order valence-corrected chi connectivity index (χ1v) is 5.97. The lowest BCUT2D eigenvalue weighted by Gasteiger charge is -2.05. The first-order valence-electron chi connectivity index (χ1n) is 5.97. The van der Waals surface area contributed by atoms with Gasteiger partial charge >= 0.3 is 0 Å². The molecule has 2 aromatic rings. The van der Waals surface area contributed by atoms with Crippen LogP contribution in [0, 0.1) is 5.82 Å². The lowest BCUT2D eigenvalue weighted by Crippen LogP contribution is -2.16. The first-order chi connectivity index (χ1) is 8.74. The van der Waals surface area contributed by atoms with Gasteiger partial charge in [-0.15, -0.1) is 0 Å². The Labute approximate surface area is 106 Å². The summed E-state index contributed by atoms with van der Waals surface area (Å²) in [6, 6.07) is 13.8. The molecule has 2 aromatic carbocycles. The van der Waals surface area contributed by atoms with Gasteiger partial charge in [-0.3, -0.25) is 0 Å². The highest BCUT2D eigenvalue weighted by Crippen LogP contribution is 2.10. The second-order valence-electron chi connectivity index (χ2n) is 4.23. The Bertz CT molecular complexity index is 466. The molecule has 2 nitrogen and oxygen atoms in total. The third kappa shape index (κ3) is 3.86. The van der Waals surface area contributed by atoms with Crippen LogP contribution in [0.25, 0.3) is 0 Å². The summed E-state index contributed by atoms with van der Waals surface area (Å²) in [5.41, 5.74) is 2.02. The Balaban J connectivity index is 1.76. The molecule has 94 valence electrons. The highest BCUT2D eigenvalue weighted by molar-refractivity contribution is 5.27. The smallest absolute Gasteiger partial charge is 0.123 e. The second kappa shape index (κ2) is 6.17. The summed E-state index contributed by atoms with van der Waals surface area (Å²) >= 11 is 0. The fraction of sp³-hybridized carbons (Fsp3) is 0.200. The van der Waals surface area contributed by atoms with Crippen LogP contribution in [0.1, 0.15) is 11.1 Å². The van der Waals surface area contributed by atoms with Gasteiger partial charge in [0.05, 0.1) is 0 Å². The van der Waals surface area contributed by atoms with E-state index in [9.17, 15) is 9.50 Å². The summed E-state index contributed by atoms with van der Waals surface area (Å²) in [7, 11) is 0. The molecular weight excluding hydrogens is 229 g/mol. The zero-order chi connectivity index (χ0) is 12.8. The summed E-state index contributed by atoms with van der Waals surface area (Å²) < 4.78 is 12.9. The van der Waals surface area contributed by atoms with Crippen molar-refractivity contribution in [3.05, 3.63) is 65.5 Å². The van der Waals surface area contributed by atoms with Crippen molar-refractivity contribution in [3.63, 3.8) is 0 Å². The van der Waals surface area contributed by atoms with Crippen LogP contribution in [0.2, 0.25) is 0 Å². The maximum Gasteiger partial charge on any atom is 0.123 e. The number of halogens is 1. The van der Waals surface area contributed by atoms with Crippen molar-refractivity contribution in [2.75, 3.05) is 6.54 Å². The van der Waals surface area contributed by atoms with E-state index < -0.39 is 0 Å². The fourth-order valence-electron chi connectivity index (χ4n) is 1.82. The SMILES string of the molecule is Oc1cccc(CNCCc2cccc(F)c2)c1. The zero-order valence-corrected chi connectivity index (χ0v) is 10.1. The Kier molecular flexibility index (Phi) is 4.31. The van der Waals surface area contributed by atoms with Gasteiger partial charge in [0.2, 0.25) is 0 Å². The van der Waals surface area contributed by atoms with E-state index in [0.717, 1.165) is 24.1 Å². The minimum atomic E-state index is -0.194. The van der Waals surface area contributed by atoms with Gasteiger partial charge in [0.15, 0.2) is 0 Å². The number of hydrogen-bond acceptors (Lipinski definition) is 2. The standard InChI is InChI=1S/C15H16FNO/c16-14-5-1-3-12(9-14)7-8-17-11-13-4-2-6-15(18)10-13/h1-6,9-10,17-18H,7-8,11H2. The Morgan fingerprint density at radius 1 is 1.00 bits per heavy atom. The van der Waals surface area contributed by atoms with E-state index in [1.54, 1.807) is 24.3 Å². The number of phenols is 1. The molecule has 0 atom stereocenters. The third-order valence-electron chi connectivity index (χ3n) is 2.72. The largest absolute Gasteiger partial charge is 0.508 e. The number of phenolic OH excluding ortho intramolecular Hbond substituents is 1. The molecule has 0 heterocycles. The van der Waals surface area contributed by atoms with Crippen LogP contribution in [-0.4, -0.2) is 11.7 Å². The van der Waals surface area contributed by atoms with Gasteiger partial charge in [-0.2, -0.15) is 0 Å². The van der Waals surface area contributed by atoms with E-state index in [-0.39, 0.29) is 11.6 Å². The number of benzene rings is 2. The van der Waals surface area contributed by atoms with E-state index in [4.69, 9.17) is 0 Å². The first kappa shape index (κ1) is 12.6. The molecular formula is C15H16FNO. The Morgan fingerprint density at radius 3 is 2.56 bits per heavy atom. The average Bonchev–Trinajstić information content (AvgIpc) is 2.35. The van der Waals surface area contributed by atoms with Crippen molar-refractivity contribution in [1.82, 2.24) is 5.32 Å². The lowest BCUT2D eigenvalue weighted by molar-refractivity contribution is 0.474. The van der Waals surface area contributed by atoms with Crippen LogP contribution in [-0.2, 0) is 13.0 Å². The summed E-state index contributed by atoms with van der Waals surface area (Å²) in [4.78, 5) is 0. The lowest BCUT2D eigenvalue weighted by atomic mass is 10.1. The number of nitrogens with one attached hydrogen (secondary N) is 1. The summed E-state index contributed by atoms with van der Waals surface area (Å²) in [5.74, 6) is 0.0833. The van der Waals surface area contributed by atoms with E-state index in [2.05, 4.69) is 5.32 Å². The van der Waals surface area contributed by atoms with Crippen molar-refractivity contribution >= 4 is 0 Å². The molecule has 0 bridgehead atoms. The summed E-state index contributed by atoms with van der Waals surface area (Å²) in [6.45, 7) is 1.48. The zero-order valence-electron chi connectivity index (χ0n) is 10.1. The molecule has 0 saturated heterocycles. The van der Waals surface area contributed by atoms with E-state index in [1.807, 2.05) is 18.2 Å². The Hall–Kier alpha value is -1.87. The quantitative estimate of drug-likeness (QED) is 0.794. The van der Waals surface area contributed by atoms with Crippen LogP contribution in [0.15, 0.2) is 48.5 Å². The molecule has 0 aliphatic rings. The summed E-state index contributed by atoms with van der Waals surface area (Å²) in [6.07, 6.45) is 0.788. The number of hydrogen-bond donors (Lipinski definition) is 2. The molecule has 0 amide bonds. The van der Waals surface area contributed by atoms with Crippen molar-refractivity contribution in [3.8, 4) is 5.75 Å². The molecule has 0 fully saturated rings. The van der Waals surface area contributed by atoms with Crippen LogP contribution >= 0.6 is 0 Å². The maximum absolute atomic E-state index is 12.9. The highest BCUT2D eigenvalue weighted by atomic mass is 19.1. The number of rotatable bonds is 5. The van der Waals surface area contributed by atoms with Gasteiger partial charge in [-0.05, 0) is 48.4 Å². The predicted molar refractivity (Wildman–Crippen MR) is 69.9 cm³/mol. The molecule has 0 aliphatic heterocycles. The average molecular weight is 245 g/mol. The molecule has 2 N–H and O–H groups in total. The minimum Gasteiger partial charge on any atom is -0.508 e. The van der Waals surface area contributed by atoms with E-state index in [0.29, 0.717) is 6.54 Å². The molecule has 0 spiro atoms. The monoisotopic (exact) mass is 245 g/mol. The molecule has 0 saturated carbocycles. The number of aromatic hydroxyl groups is 1. The fourth-order valence-corrected chi connectivity index (χ4v) is 1.82. The molecule has 0 aromatic heterocycles. The van der Waals surface area contributed by atoms with Gasteiger partial charge in [-0.25, -0.2) is 4.39 Å². The maximum atomic E-state index is 12.9. The third-order valence-corrected chi connectivity index (χ3v) is 2.72. The molecule has 0 aliphatic carbocycles. The second-order valence-corrected chi connectivity index (χ2v) is 4.23. The van der Waals surface area contributed by atoms with E-state index in [1.165, 1.54) is 6.07 Å². The van der Waals surface area contributed by atoms with Gasteiger partial charge < -0.3 is 10.4 Å². The normalized spacial score (nSPS) is 10.5. The Morgan fingerprint density at radius 2 is 1.78 bits per heavy atom. The highest BCUT2D eigenvalue weighted by Gasteiger charge is 1.97. The molecule has 0 radical (unpaired) electrons. The van der Waals surface area contributed by atoms with Crippen LogP contribution < -0.4 is 5.32 Å². The molecule has 3 heteroatoms. The van der Waals surface area contributed by atoms with Crippen molar-refractivity contribution in [1.29, 1.82) is 0 Å². The van der Waals surface area contributed by atoms with Crippen molar-refractivity contribution in [2.24, 2.45) is 0 Å². The van der Waals surface area contributed by atoms with E-state index >= 15 is 0 Å². The van der Waals surface area contributed by atoms with Crippen LogP contribution in [0.5, 0.6) is 5.75 Å². The van der Waals surface area contributed by atoms with Gasteiger partial charge in [-0.1, -0.05) is 24.3 Å². The molecule has 18 heavy (non-hydrogen) atoms. The van der Waals surface area contributed by atoms with Crippen LogP contribution in [0.3, 0.4) is 0 Å². The summed E-state index contributed by atoms with van der Waals surface area (Å²) in [5, 5.41) is 12.6.